The van der Waals surface area contributed by atoms with Crippen molar-refractivity contribution in [2.45, 2.75) is 63.5 Å². The molecule has 6 N–H and O–H groups in total. The van der Waals surface area contributed by atoms with Crippen LogP contribution in [-0.2, 0) is 25.7 Å². The van der Waals surface area contributed by atoms with E-state index < -0.39 is 48.5 Å². The first-order valence-electron chi connectivity index (χ1n) is 10.7. The van der Waals surface area contributed by atoms with E-state index in [0.717, 1.165) is 10.9 Å². The van der Waals surface area contributed by atoms with Crippen LogP contribution in [0, 0.1) is 0 Å². The number of amides is 3. The minimum Gasteiger partial charge on any atom is -0.388 e. The standard InChI is InChI=1S/C22H30N4O7/c1-12-18(29)19(30)20(31)22(33-12)25-17(28)7-9-23-21(32)15(24-13(2)27)11-26-10-8-14-5-3-4-6-16(14)26/h3-6,8,10,12,15,18-20,22,29-31H,7,9,11H2,1-2H3,(H,23,32)(H,24,27)(H,25,28)/t12-,15+,18+,19+,20-,22+/m0/s1. The Bertz CT molecular complexity index is 994. The van der Waals surface area contributed by atoms with Gasteiger partial charge in [-0.2, -0.15) is 0 Å². The zero-order valence-corrected chi connectivity index (χ0v) is 18.5. The van der Waals surface area contributed by atoms with Gasteiger partial charge in [-0.15, -0.1) is 0 Å². The molecule has 6 atom stereocenters. The van der Waals surface area contributed by atoms with Gasteiger partial charge in [-0.1, -0.05) is 18.2 Å². The molecule has 1 saturated heterocycles. The molecule has 1 aliphatic rings. The monoisotopic (exact) mass is 462 g/mol. The van der Waals surface area contributed by atoms with E-state index in [-0.39, 0.29) is 25.4 Å². The number of rotatable bonds is 8. The van der Waals surface area contributed by atoms with Gasteiger partial charge in [0.05, 0.1) is 12.6 Å². The molecule has 180 valence electrons. The molecule has 0 spiro atoms. The van der Waals surface area contributed by atoms with E-state index in [9.17, 15) is 29.7 Å². The summed E-state index contributed by atoms with van der Waals surface area (Å²) >= 11 is 0. The molecule has 0 aliphatic carbocycles. The topological polar surface area (TPSA) is 162 Å². The van der Waals surface area contributed by atoms with Gasteiger partial charge in [-0.3, -0.25) is 14.4 Å². The van der Waals surface area contributed by atoms with Gasteiger partial charge >= 0.3 is 0 Å². The minimum absolute atomic E-state index is 0.0171. The number of ether oxygens (including phenoxy) is 1. The van der Waals surface area contributed by atoms with E-state index in [4.69, 9.17) is 4.74 Å². The summed E-state index contributed by atoms with van der Waals surface area (Å²) in [6, 6.07) is 8.74. The van der Waals surface area contributed by atoms with Crippen LogP contribution in [0.3, 0.4) is 0 Å². The molecule has 11 nitrogen and oxygen atoms in total. The van der Waals surface area contributed by atoms with E-state index in [1.54, 1.807) is 0 Å². The van der Waals surface area contributed by atoms with Crippen LogP contribution in [0.5, 0.6) is 0 Å². The third kappa shape index (κ3) is 6.08. The first-order valence-corrected chi connectivity index (χ1v) is 10.7. The van der Waals surface area contributed by atoms with Crippen molar-refractivity contribution in [1.82, 2.24) is 20.5 Å². The number of hydrogen-bond donors (Lipinski definition) is 6. The Morgan fingerprint density at radius 2 is 1.82 bits per heavy atom. The summed E-state index contributed by atoms with van der Waals surface area (Å²) in [5.74, 6) is -1.33. The Kier molecular flexibility index (Phi) is 8.03. The zero-order chi connectivity index (χ0) is 24.1. The molecule has 2 heterocycles. The first kappa shape index (κ1) is 24.6. The molecule has 1 aliphatic heterocycles. The maximum Gasteiger partial charge on any atom is 0.244 e. The smallest absolute Gasteiger partial charge is 0.244 e. The van der Waals surface area contributed by atoms with Gasteiger partial charge in [-0.05, 0) is 24.4 Å². The molecule has 3 rings (SSSR count). The zero-order valence-electron chi connectivity index (χ0n) is 18.5. The van der Waals surface area contributed by atoms with Crippen molar-refractivity contribution in [1.29, 1.82) is 0 Å². The number of hydrogen-bond acceptors (Lipinski definition) is 7. The lowest BCUT2D eigenvalue weighted by atomic mass is 9.99. The molecule has 3 amide bonds. The molecular formula is C22H30N4O7. The molecule has 1 fully saturated rings. The van der Waals surface area contributed by atoms with E-state index >= 15 is 0 Å². The number of benzene rings is 1. The highest BCUT2D eigenvalue weighted by molar-refractivity contribution is 5.87. The number of aromatic nitrogens is 1. The Morgan fingerprint density at radius 1 is 1.09 bits per heavy atom. The van der Waals surface area contributed by atoms with E-state index in [2.05, 4.69) is 16.0 Å². The summed E-state index contributed by atoms with van der Waals surface area (Å²) in [4.78, 5) is 36.5. The molecule has 0 radical (unpaired) electrons. The fourth-order valence-electron chi connectivity index (χ4n) is 3.76. The predicted octanol–water partition coefficient (Wildman–Crippen LogP) is -1.40. The minimum atomic E-state index is -1.49. The molecule has 33 heavy (non-hydrogen) atoms. The van der Waals surface area contributed by atoms with Crippen LogP contribution >= 0.6 is 0 Å². The number of nitrogens with zero attached hydrogens (tertiary/aromatic N) is 1. The number of fused-ring (bicyclic) bond motifs is 1. The van der Waals surface area contributed by atoms with Crippen LogP contribution in [0.25, 0.3) is 10.9 Å². The number of carbonyl (C=O) groups excluding carboxylic acids is 3. The molecule has 0 saturated carbocycles. The maximum atomic E-state index is 12.7. The van der Waals surface area contributed by atoms with Gasteiger partial charge in [-0.25, -0.2) is 0 Å². The lowest BCUT2D eigenvalue weighted by molar-refractivity contribution is -0.224. The number of aliphatic hydroxyl groups excluding tert-OH is 3. The molecule has 0 unspecified atom stereocenters. The van der Waals surface area contributed by atoms with Crippen molar-refractivity contribution in [3.63, 3.8) is 0 Å². The fourth-order valence-corrected chi connectivity index (χ4v) is 3.76. The summed E-state index contributed by atoms with van der Waals surface area (Å²) in [5, 5.41) is 38.2. The highest BCUT2D eigenvalue weighted by atomic mass is 16.5. The molecule has 1 aromatic carbocycles. The Balaban J connectivity index is 1.52. The van der Waals surface area contributed by atoms with Gasteiger partial charge < -0.3 is 40.6 Å². The third-order valence-electron chi connectivity index (χ3n) is 5.56. The van der Waals surface area contributed by atoms with Crippen LogP contribution in [0.15, 0.2) is 36.5 Å². The SMILES string of the molecule is CC(=O)N[C@H](Cn1ccc2ccccc21)C(=O)NCCC(=O)N[C@@H]1O[C@@H](C)[C@@H](O)[C@@H](O)[C@@H]1O. The van der Waals surface area contributed by atoms with Crippen molar-refractivity contribution < 1.29 is 34.4 Å². The van der Waals surface area contributed by atoms with E-state index in [0.29, 0.717) is 0 Å². The number of para-hydroxylation sites is 1. The van der Waals surface area contributed by atoms with Crippen LogP contribution in [0.4, 0.5) is 0 Å². The van der Waals surface area contributed by atoms with Crippen molar-refractivity contribution in [3.05, 3.63) is 36.5 Å². The molecule has 1 aromatic heterocycles. The second-order valence-electron chi connectivity index (χ2n) is 8.12. The molecule has 11 heteroatoms. The summed E-state index contributed by atoms with van der Waals surface area (Å²) in [6.45, 7) is 3.03. The van der Waals surface area contributed by atoms with Crippen molar-refractivity contribution in [2.75, 3.05) is 6.54 Å². The van der Waals surface area contributed by atoms with Gasteiger partial charge in [0, 0.05) is 31.6 Å². The third-order valence-corrected chi connectivity index (χ3v) is 5.56. The average Bonchev–Trinajstić information content (AvgIpc) is 3.18. The molecular weight excluding hydrogens is 432 g/mol. The predicted molar refractivity (Wildman–Crippen MR) is 118 cm³/mol. The summed E-state index contributed by atoms with van der Waals surface area (Å²) in [6.07, 6.45) is -4.47. The van der Waals surface area contributed by atoms with Gasteiger partial charge in [0.15, 0.2) is 6.23 Å². The first-order chi connectivity index (χ1) is 15.7. The van der Waals surface area contributed by atoms with Crippen LogP contribution in [0.1, 0.15) is 20.3 Å². The molecule has 0 bridgehead atoms. The van der Waals surface area contributed by atoms with E-state index in [1.165, 1.54) is 13.8 Å². The Hall–Kier alpha value is -2.99. The summed E-state index contributed by atoms with van der Waals surface area (Å²) < 4.78 is 7.19. The van der Waals surface area contributed by atoms with Crippen molar-refractivity contribution in [3.8, 4) is 0 Å². The van der Waals surface area contributed by atoms with Crippen LogP contribution in [0.2, 0.25) is 0 Å². The van der Waals surface area contributed by atoms with Crippen molar-refractivity contribution >= 4 is 28.6 Å². The number of nitrogens with one attached hydrogen (secondary N) is 3. The highest BCUT2D eigenvalue weighted by Gasteiger charge is 2.42. The van der Waals surface area contributed by atoms with Gasteiger partial charge in [0.2, 0.25) is 17.7 Å². The summed E-state index contributed by atoms with van der Waals surface area (Å²) in [5.41, 5.74) is 0.924. The largest absolute Gasteiger partial charge is 0.388 e. The lowest BCUT2D eigenvalue weighted by Gasteiger charge is -2.39. The van der Waals surface area contributed by atoms with Gasteiger partial charge in [0.1, 0.15) is 24.4 Å². The van der Waals surface area contributed by atoms with Crippen molar-refractivity contribution in [2.24, 2.45) is 0 Å². The Morgan fingerprint density at radius 3 is 2.55 bits per heavy atom. The molecule has 2 aromatic rings. The Labute approximate surface area is 190 Å². The second kappa shape index (κ2) is 10.8. The van der Waals surface area contributed by atoms with Crippen LogP contribution < -0.4 is 16.0 Å². The quantitative estimate of drug-likeness (QED) is 0.281. The fraction of sp³-hybridized carbons (Fsp3) is 0.500. The van der Waals surface area contributed by atoms with Crippen LogP contribution in [-0.4, -0.2) is 80.8 Å². The highest BCUT2D eigenvalue weighted by Crippen LogP contribution is 2.19. The average molecular weight is 463 g/mol. The lowest BCUT2D eigenvalue weighted by Crippen LogP contribution is -2.61. The number of aliphatic hydroxyl groups is 3. The van der Waals surface area contributed by atoms with Gasteiger partial charge in [0.25, 0.3) is 0 Å². The normalized spacial score (nSPS) is 25.9. The maximum absolute atomic E-state index is 12.7. The summed E-state index contributed by atoms with van der Waals surface area (Å²) in [7, 11) is 0. The number of carbonyl (C=O) groups is 3. The second-order valence-corrected chi connectivity index (χ2v) is 8.12. The van der Waals surface area contributed by atoms with E-state index in [1.807, 2.05) is 41.1 Å².